The lowest BCUT2D eigenvalue weighted by Crippen LogP contribution is -2.20. The van der Waals surface area contributed by atoms with Gasteiger partial charge in [-0.05, 0) is 70.3 Å². The van der Waals surface area contributed by atoms with Crippen LogP contribution in [0, 0.1) is 0 Å². The quantitative estimate of drug-likeness (QED) is 0.639. The Kier molecular flexibility index (Phi) is 4.94. The minimum absolute atomic E-state index is 0.879. The van der Waals surface area contributed by atoms with Crippen molar-refractivity contribution in [2.45, 2.75) is 38.5 Å². The topological polar surface area (TPSA) is 12.5 Å². The molecule has 1 heterocycles. The molecule has 1 saturated heterocycles. The fourth-order valence-corrected chi connectivity index (χ4v) is 2.33. The van der Waals surface area contributed by atoms with E-state index in [0.717, 1.165) is 18.8 Å². The molecule has 0 aromatic carbocycles. The molecular weight excluding hydrogens is 198 g/mol. The van der Waals surface area contributed by atoms with Crippen LogP contribution in [0.25, 0.3) is 0 Å². The van der Waals surface area contributed by atoms with Gasteiger partial charge < -0.3 is 9.64 Å². The van der Waals surface area contributed by atoms with Crippen molar-refractivity contribution >= 4 is 0 Å². The normalized spacial score (nSPS) is 21.1. The molecule has 1 fully saturated rings. The van der Waals surface area contributed by atoms with E-state index in [9.17, 15) is 0 Å². The van der Waals surface area contributed by atoms with Crippen LogP contribution in [0.3, 0.4) is 0 Å². The van der Waals surface area contributed by atoms with Crippen molar-refractivity contribution in [2.24, 2.45) is 0 Å². The van der Waals surface area contributed by atoms with Crippen LogP contribution < -0.4 is 0 Å². The maximum atomic E-state index is 5.70. The van der Waals surface area contributed by atoms with Crippen molar-refractivity contribution in [3.63, 3.8) is 0 Å². The molecule has 2 rings (SSSR count). The molecule has 0 aromatic heterocycles. The standard InChI is InChI=1S/C14H23NO/c1-2-8-14(9-3-1)16-13-7-6-12-15-10-4-5-11-15/h2,8-9H,1,3-7,10-13H2. The summed E-state index contributed by atoms with van der Waals surface area (Å²) in [6.45, 7) is 4.77. The van der Waals surface area contributed by atoms with Crippen molar-refractivity contribution in [3.8, 4) is 0 Å². The third-order valence-electron chi connectivity index (χ3n) is 3.30. The van der Waals surface area contributed by atoms with E-state index in [1.165, 1.54) is 51.7 Å². The molecule has 0 bridgehead atoms. The van der Waals surface area contributed by atoms with Crippen LogP contribution in [-0.4, -0.2) is 31.1 Å². The first-order valence-corrected chi connectivity index (χ1v) is 6.67. The van der Waals surface area contributed by atoms with Gasteiger partial charge in [0.15, 0.2) is 0 Å². The summed E-state index contributed by atoms with van der Waals surface area (Å²) in [6, 6.07) is 0. The van der Waals surface area contributed by atoms with Gasteiger partial charge in [0.25, 0.3) is 0 Å². The molecule has 0 radical (unpaired) electrons. The largest absolute Gasteiger partial charge is 0.494 e. The Morgan fingerprint density at radius 1 is 1.12 bits per heavy atom. The van der Waals surface area contributed by atoms with Gasteiger partial charge in [0.2, 0.25) is 0 Å². The zero-order valence-corrected chi connectivity index (χ0v) is 10.2. The number of likely N-dealkylation sites (tertiary alicyclic amines) is 1. The van der Waals surface area contributed by atoms with E-state index in [-0.39, 0.29) is 0 Å². The molecule has 16 heavy (non-hydrogen) atoms. The highest BCUT2D eigenvalue weighted by Gasteiger charge is 2.10. The second-order valence-corrected chi connectivity index (χ2v) is 4.69. The number of ether oxygens (including phenoxy) is 1. The van der Waals surface area contributed by atoms with Crippen LogP contribution in [0.5, 0.6) is 0 Å². The van der Waals surface area contributed by atoms with Crippen molar-refractivity contribution in [3.05, 3.63) is 24.0 Å². The zero-order chi connectivity index (χ0) is 11.1. The Morgan fingerprint density at radius 3 is 2.75 bits per heavy atom. The number of unbranched alkanes of at least 4 members (excludes halogenated alkanes) is 1. The van der Waals surface area contributed by atoms with Crippen LogP contribution in [0.1, 0.15) is 38.5 Å². The molecule has 0 spiro atoms. The lowest BCUT2D eigenvalue weighted by atomic mass is 10.2. The Balaban J connectivity index is 1.48. The highest BCUT2D eigenvalue weighted by Crippen LogP contribution is 2.12. The van der Waals surface area contributed by atoms with Gasteiger partial charge in [0.1, 0.15) is 5.76 Å². The van der Waals surface area contributed by atoms with E-state index in [2.05, 4.69) is 23.1 Å². The number of rotatable bonds is 6. The highest BCUT2D eigenvalue weighted by atomic mass is 16.5. The molecule has 0 N–H and O–H groups in total. The maximum Gasteiger partial charge on any atom is 0.114 e. The zero-order valence-electron chi connectivity index (χ0n) is 10.2. The minimum atomic E-state index is 0.879. The summed E-state index contributed by atoms with van der Waals surface area (Å²) >= 11 is 0. The van der Waals surface area contributed by atoms with Gasteiger partial charge in [-0.2, -0.15) is 0 Å². The smallest absolute Gasteiger partial charge is 0.114 e. The Bertz CT molecular complexity index is 251. The fraction of sp³-hybridized carbons (Fsp3) is 0.714. The number of hydrogen-bond donors (Lipinski definition) is 0. The summed E-state index contributed by atoms with van der Waals surface area (Å²) in [5, 5.41) is 0. The first kappa shape index (κ1) is 11.7. The van der Waals surface area contributed by atoms with E-state index in [4.69, 9.17) is 4.74 Å². The Morgan fingerprint density at radius 2 is 2.00 bits per heavy atom. The van der Waals surface area contributed by atoms with Gasteiger partial charge in [-0.15, -0.1) is 0 Å². The predicted molar refractivity (Wildman–Crippen MR) is 67.3 cm³/mol. The summed E-state index contributed by atoms with van der Waals surface area (Å²) in [6.07, 6.45) is 14.0. The molecular formula is C14H23NO. The molecule has 1 aliphatic carbocycles. The SMILES string of the molecule is C1=CC(OCCCCN2CCCC2)=CCC1. The summed E-state index contributed by atoms with van der Waals surface area (Å²) < 4.78 is 5.70. The average Bonchev–Trinajstić information content (AvgIpc) is 2.83. The van der Waals surface area contributed by atoms with E-state index in [1.807, 2.05) is 0 Å². The lowest BCUT2D eigenvalue weighted by molar-refractivity contribution is 0.208. The first-order chi connectivity index (χ1) is 7.95. The number of allylic oxidation sites excluding steroid dienone is 3. The van der Waals surface area contributed by atoms with Crippen LogP contribution in [0.4, 0.5) is 0 Å². The molecule has 2 aliphatic rings. The maximum absolute atomic E-state index is 5.70. The summed E-state index contributed by atoms with van der Waals surface area (Å²) in [5.74, 6) is 1.08. The van der Waals surface area contributed by atoms with Gasteiger partial charge in [-0.25, -0.2) is 0 Å². The predicted octanol–water partition coefficient (Wildman–Crippen LogP) is 3.11. The summed E-state index contributed by atoms with van der Waals surface area (Å²) in [7, 11) is 0. The molecule has 90 valence electrons. The Hall–Kier alpha value is -0.760. The molecule has 2 heteroatoms. The molecule has 1 aliphatic heterocycles. The summed E-state index contributed by atoms with van der Waals surface area (Å²) in [5.41, 5.74) is 0. The number of nitrogens with zero attached hydrogens (tertiary/aromatic N) is 1. The van der Waals surface area contributed by atoms with Crippen LogP contribution >= 0.6 is 0 Å². The highest BCUT2D eigenvalue weighted by molar-refractivity contribution is 5.15. The minimum Gasteiger partial charge on any atom is -0.494 e. The van der Waals surface area contributed by atoms with Gasteiger partial charge in [-0.1, -0.05) is 6.08 Å². The van der Waals surface area contributed by atoms with Crippen molar-refractivity contribution in [2.75, 3.05) is 26.2 Å². The third kappa shape index (κ3) is 4.01. The van der Waals surface area contributed by atoms with E-state index < -0.39 is 0 Å². The first-order valence-electron chi connectivity index (χ1n) is 6.67. The lowest BCUT2D eigenvalue weighted by Gasteiger charge is -2.14. The average molecular weight is 221 g/mol. The van der Waals surface area contributed by atoms with Crippen molar-refractivity contribution in [1.82, 2.24) is 4.90 Å². The van der Waals surface area contributed by atoms with E-state index in [0.29, 0.717) is 0 Å². The monoisotopic (exact) mass is 221 g/mol. The second kappa shape index (κ2) is 6.74. The summed E-state index contributed by atoms with van der Waals surface area (Å²) in [4.78, 5) is 2.57. The van der Waals surface area contributed by atoms with Crippen molar-refractivity contribution < 1.29 is 4.74 Å². The molecule has 2 nitrogen and oxygen atoms in total. The third-order valence-corrected chi connectivity index (χ3v) is 3.30. The van der Waals surface area contributed by atoms with Crippen molar-refractivity contribution in [1.29, 1.82) is 0 Å². The molecule has 0 saturated carbocycles. The van der Waals surface area contributed by atoms with Gasteiger partial charge in [-0.3, -0.25) is 0 Å². The van der Waals surface area contributed by atoms with Gasteiger partial charge >= 0.3 is 0 Å². The Labute approximate surface area is 99.0 Å². The molecule has 0 aromatic rings. The van der Waals surface area contributed by atoms with E-state index >= 15 is 0 Å². The van der Waals surface area contributed by atoms with Gasteiger partial charge in [0, 0.05) is 0 Å². The molecule has 0 unspecified atom stereocenters. The second-order valence-electron chi connectivity index (χ2n) is 4.69. The number of hydrogen-bond acceptors (Lipinski definition) is 2. The van der Waals surface area contributed by atoms with Gasteiger partial charge in [0.05, 0.1) is 6.61 Å². The molecule has 0 atom stereocenters. The fourth-order valence-electron chi connectivity index (χ4n) is 2.33. The van der Waals surface area contributed by atoms with E-state index in [1.54, 1.807) is 0 Å². The molecule has 0 amide bonds. The van der Waals surface area contributed by atoms with Crippen LogP contribution in [0.2, 0.25) is 0 Å². The van der Waals surface area contributed by atoms with Crippen LogP contribution in [0.15, 0.2) is 24.0 Å². The van der Waals surface area contributed by atoms with Crippen LogP contribution in [-0.2, 0) is 4.74 Å².